The third kappa shape index (κ3) is 2.69. The minimum Gasteiger partial charge on any atom is -0.383 e. The number of rotatable bonds is 3. The van der Waals surface area contributed by atoms with Crippen molar-refractivity contribution in [1.29, 1.82) is 0 Å². The van der Waals surface area contributed by atoms with Crippen LogP contribution in [0.4, 0.5) is 17.2 Å². The highest BCUT2D eigenvalue weighted by molar-refractivity contribution is 6.39. The van der Waals surface area contributed by atoms with Gasteiger partial charge in [-0.05, 0) is 31.6 Å². The predicted octanol–water partition coefficient (Wildman–Crippen LogP) is 4.81. The summed E-state index contributed by atoms with van der Waals surface area (Å²) in [4.78, 5) is 24.0. The molecule has 0 saturated carbocycles. The van der Waals surface area contributed by atoms with Crippen molar-refractivity contribution in [2.45, 2.75) is 19.9 Å². The summed E-state index contributed by atoms with van der Waals surface area (Å²) in [6.07, 6.45) is 5.34. The van der Waals surface area contributed by atoms with Crippen molar-refractivity contribution in [2.75, 3.05) is 10.6 Å². The molecule has 5 rings (SSSR count). The number of fused-ring (bicyclic) bond motifs is 2. The summed E-state index contributed by atoms with van der Waals surface area (Å²) in [7, 11) is 0. The van der Waals surface area contributed by atoms with Crippen molar-refractivity contribution in [3.63, 3.8) is 0 Å². The van der Waals surface area contributed by atoms with Crippen molar-refractivity contribution in [3.8, 4) is 0 Å². The SMILES string of the molecule is CC(C)n1cc(N2C(=O)C(=Cc3ccccc3)c3ccccc32)c2c(N)ncnc21. The molecule has 6 heteroatoms. The van der Waals surface area contributed by atoms with Crippen LogP contribution < -0.4 is 10.6 Å². The van der Waals surface area contributed by atoms with Crippen molar-refractivity contribution in [3.05, 3.63) is 78.2 Å². The topological polar surface area (TPSA) is 77.0 Å². The molecule has 6 nitrogen and oxygen atoms in total. The van der Waals surface area contributed by atoms with Crippen molar-refractivity contribution >= 4 is 45.8 Å². The van der Waals surface area contributed by atoms with Gasteiger partial charge >= 0.3 is 0 Å². The second kappa shape index (κ2) is 6.84. The smallest absolute Gasteiger partial charge is 0.263 e. The van der Waals surface area contributed by atoms with E-state index in [9.17, 15) is 4.79 Å². The zero-order valence-electron chi connectivity index (χ0n) is 16.8. The molecular formula is C24H21N5O. The van der Waals surface area contributed by atoms with E-state index in [0.29, 0.717) is 22.5 Å². The number of carbonyl (C=O) groups excluding carboxylic acids is 1. The highest BCUT2D eigenvalue weighted by Gasteiger charge is 2.35. The summed E-state index contributed by atoms with van der Waals surface area (Å²) in [6.45, 7) is 4.14. The van der Waals surface area contributed by atoms with Crippen LogP contribution in [0.15, 0.2) is 67.1 Å². The molecule has 148 valence electrons. The van der Waals surface area contributed by atoms with Gasteiger partial charge in [0.2, 0.25) is 0 Å². The molecule has 2 N–H and O–H groups in total. The Kier molecular flexibility index (Phi) is 4.13. The molecule has 2 aromatic carbocycles. The molecule has 4 aromatic rings. The van der Waals surface area contributed by atoms with Gasteiger partial charge in [-0.1, -0.05) is 48.5 Å². The summed E-state index contributed by atoms with van der Waals surface area (Å²) in [5, 5.41) is 0.690. The Hall–Kier alpha value is -3.93. The van der Waals surface area contributed by atoms with Gasteiger partial charge in [-0.25, -0.2) is 9.97 Å². The number of nitrogens with two attached hydrogens (primary N) is 1. The molecule has 1 aliphatic heterocycles. The molecule has 0 saturated heterocycles. The highest BCUT2D eigenvalue weighted by atomic mass is 16.2. The molecular weight excluding hydrogens is 374 g/mol. The van der Waals surface area contributed by atoms with Gasteiger partial charge in [0.05, 0.1) is 22.3 Å². The lowest BCUT2D eigenvalue weighted by atomic mass is 10.0. The number of hydrogen-bond donors (Lipinski definition) is 1. The monoisotopic (exact) mass is 395 g/mol. The van der Waals surface area contributed by atoms with Crippen molar-refractivity contribution < 1.29 is 4.79 Å². The Morgan fingerprint density at radius 3 is 2.47 bits per heavy atom. The number of anilines is 3. The van der Waals surface area contributed by atoms with E-state index in [4.69, 9.17) is 5.73 Å². The number of carbonyl (C=O) groups is 1. The van der Waals surface area contributed by atoms with E-state index < -0.39 is 0 Å². The van der Waals surface area contributed by atoms with Crippen LogP contribution in [0.1, 0.15) is 31.0 Å². The van der Waals surface area contributed by atoms with E-state index in [2.05, 4.69) is 23.8 Å². The van der Waals surface area contributed by atoms with Gasteiger partial charge in [-0.3, -0.25) is 9.69 Å². The molecule has 0 aliphatic carbocycles. The van der Waals surface area contributed by atoms with Gasteiger partial charge in [-0.2, -0.15) is 0 Å². The second-order valence-corrected chi connectivity index (χ2v) is 7.60. The van der Waals surface area contributed by atoms with Gasteiger partial charge in [0.15, 0.2) is 0 Å². The van der Waals surface area contributed by atoms with Crippen LogP contribution in [0, 0.1) is 0 Å². The fourth-order valence-electron chi connectivity index (χ4n) is 3.99. The number of amides is 1. The highest BCUT2D eigenvalue weighted by Crippen LogP contribution is 2.45. The van der Waals surface area contributed by atoms with E-state index in [0.717, 1.165) is 22.5 Å². The van der Waals surface area contributed by atoms with E-state index in [-0.39, 0.29) is 11.9 Å². The molecule has 0 radical (unpaired) electrons. The molecule has 2 aromatic heterocycles. The summed E-state index contributed by atoms with van der Waals surface area (Å²) in [6, 6.07) is 17.8. The first kappa shape index (κ1) is 18.1. The van der Waals surface area contributed by atoms with Gasteiger partial charge in [0.1, 0.15) is 17.8 Å². The third-order valence-corrected chi connectivity index (χ3v) is 5.40. The molecule has 0 unspecified atom stereocenters. The van der Waals surface area contributed by atoms with Crippen LogP contribution in [0.2, 0.25) is 0 Å². The zero-order chi connectivity index (χ0) is 20.8. The van der Waals surface area contributed by atoms with Gasteiger partial charge in [-0.15, -0.1) is 0 Å². The van der Waals surface area contributed by atoms with Crippen LogP contribution >= 0.6 is 0 Å². The first-order valence-corrected chi connectivity index (χ1v) is 9.88. The molecule has 1 amide bonds. The number of benzene rings is 2. The Labute approximate surface area is 174 Å². The summed E-state index contributed by atoms with van der Waals surface area (Å²) in [5.74, 6) is 0.270. The Balaban J connectivity index is 1.75. The lowest BCUT2D eigenvalue weighted by Crippen LogP contribution is -2.20. The first-order chi connectivity index (χ1) is 14.6. The van der Waals surface area contributed by atoms with Crippen LogP contribution in [0.3, 0.4) is 0 Å². The summed E-state index contributed by atoms with van der Waals surface area (Å²) in [5.41, 5.74) is 11.0. The molecule has 0 atom stereocenters. The number of nitrogens with zero attached hydrogens (tertiary/aromatic N) is 4. The average Bonchev–Trinajstić information content (AvgIpc) is 3.26. The van der Waals surface area contributed by atoms with Crippen LogP contribution in [0.5, 0.6) is 0 Å². The fraction of sp³-hybridized carbons (Fsp3) is 0.125. The van der Waals surface area contributed by atoms with E-state index in [1.54, 1.807) is 4.90 Å². The molecule has 0 spiro atoms. The Bertz CT molecular complexity index is 1300. The number of hydrogen-bond acceptors (Lipinski definition) is 4. The van der Waals surface area contributed by atoms with E-state index in [1.807, 2.05) is 71.4 Å². The Morgan fingerprint density at radius 2 is 1.70 bits per heavy atom. The molecule has 0 fully saturated rings. The largest absolute Gasteiger partial charge is 0.383 e. The average molecular weight is 395 g/mol. The summed E-state index contributed by atoms with van der Waals surface area (Å²) < 4.78 is 2.03. The standard InChI is InChI=1S/C24H21N5O/c1-15(2)28-13-20(21-22(25)26-14-27-23(21)28)29-19-11-7-6-10-17(19)18(24(29)30)12-16-8-4-3-5-9-16/h3-15H,1-2H3,(H2,25,26,27). The van der Waals surface area contributed by atoms with Gasteiger partial charge in [0.25, 0.3) is 5.91 Å². The maximum atomic E-state index is 13.7. The molecule has 1 aliphatic rings. The van der Waals surface area contributed by atoms with Crippen LogP contribution in [0.25, 0.3) is 22.7 Å². The predicted molar refractivity (Wildman–Crippen MR) is 120 cm³/mol. The molecule has 3 heterocycles. The molecule has 30 heavy (non-hydrogen) atoms. The van der Waals surface area contributed by atoms with Crippen LogP contribution in [-0.2, 0) is 4.79 Å². The van der Waals surface area contributed by atoms with E-state index >= 15 is 0 Å². The second-order valence-electron chi connectivity index (χ2n) is 7.60. The normalized spacial score (nSPS) is 14.8. The number of para-hydroxylation sites is 1. The van der Waals surface area contributed by atoms with E-state index in [1.165, 1.54) is 6.33 Å². The minimum absolute atomic E-state index is 0.0916. The quantitative estimate of drug-likeness (QED) is 0.505. The lowest BCUT2D eigenvalue weighted by molar-refractivity contribution is -0.112. The van der Waals surface area contributed by atoms with Crippen molar-refractivity contribution in [1.82, 2.24) is 14.5 Å². The Morgan fingerprint density at radius 1 is 0.967 bits per heavy atom. The minimum atomic E-state index is -0.0916. The van der Waals surface area contributed by atoms with Crippen LogP contribution in [-0.4, -0.2) is 20.4 Å². The third-order valence-electron chi connectivity index (χ3n) is 5.40. The lowest BCUT2D eigenvalue weighted by Gasteiger charge is -2.16. The van der Waals surface area contributed by atoms with Gasteiger partial charge < -0.3 is 10.3 Å². The first-order valence-electron chi connectivity index (χ1n) is 9.88. The zero-order valence-corrected chi connectivity index (χ0v) is 16.8. The fourth-order valence-corrected chi connectivity index (χ4v) is 3.99. The number of nitrogen functional groups attached to an aromatic ring is 1. The number of aromatic nitrogens is 3. The summed E-state index contributed by atoms with van der Waals surface area (Å²) >= 11 is 0. The maximum absolute atomic E-state index is 13.7. The van der Waals surface area contributed by atoms with Crippen molar-refractivity contribution in [2.24, 2.45) is 0 Å². The van der Waals surface area contributed by atoms with Gasteiger partial charge in [0, 0.05) is 17.8 Å². The molecule has 0 bridgehead atoms. The maximum Gasteiger partial charge on any atom is 0.263 e.